The third kappa shape index (κ3) is 2.59. The number of esters is 1. The highest BCUT2D eigenvalue weighted by Gasteiger charge is 2.37. The second kappa shape index (κ2) is 5.31. The van der Waals surface area contributed by atoms with Gasteiger partial charge < -0.3 is 10.5 Å². The van der Waals surface area contributed by atoms with E-state index in [0.717, 1.165) is 24.8 Å². The molecule has 1 atom stereocenters. The Hall–Kier alpha value is -0.830. The fourth-order valence-electron chi connectivity index (χ4n) is 1.98. The highest BCUT2D eigenvalue weighted by Crippen LogP contribution is 2.34. The van der Waals surface area contributed by atoms with Crippen molar-refractivity contribution in [3.05, 3.63) is 11.6 Å². The van der Waals surface area contributed by atoms with E-state index in [4.69, 9.17) is 10.5 Å². The maximum absolute atomic E-state index is 11.9. The van der Waals surface area contributed by atoms with Crippen LogP contribution < -0.4 is 5.73 Å². The molecule has 3 heteroatoms. The van der Waals surface area contributed by atoms with Gasteiger partial charge in [0, 0.05) is 6.54 Å². The van der Waals surface area contributed by atoms with Crippen molar-refractivity contribution in [2.45, 2.75) is 39.5 Å². The molecule has 0 amide bonds. The Labute approximate surface area is 91.7 Å². The number of rotatable bonds is 4. The minimum atomic E-state index is -0.601. The third-order valence-corrected chi connectivity index (χ3v) is 3.13. The highest BCUT2D eigenvalue weighted by atomic mass is 16.5. The van der Waals surface area contributed by atoms with Gasteiger partial charge in [-0.1, -0.05) is 11.6 Å². The van der Waals surface area contributed by atoms with Crippen molar-refractivity contribution in [3.63, 3.8) is 0 Å². The van der Waals surface area contributed by atoms with Crippen LogP contribution in [0.2, 0.25) is 0 Å². The fraction of sp³-hybridized carbons (Fsp3) is 0.750. The zero-order valence-electron chi connectivity index (χ0n) is 9.71. The summed E-state index contributed by atoms with van der Waals surface area (Å²) in [6.45, 7) is 4.46. The molecule has 1 aliphatic rings. The molecular weight excluding hydrogens is 190 g/mol. The van der Waals surface area contributed by atoms with Crippen LogP contribution in [0.3, 0.4) is 0 Å². The fourth-order valence-corrected chi connectivity index (χ4v) is 1.98. The van der Waals surface area contributed by atoms with Gasteiger partial charge in [0.05, 0.1) is 12.0 Å². The van der Waals surface area contributed by atoms with E-state index in [-0.39, 0.29) is 5.97 Å². The lowest BCUT2D eigenvalue weighted by atomic mass is 9.77. The molecule has 0 fully saturated rings. The minimum Gasteiger partial charge on any atom is -0.465 e. The van der Waals surface area contributed by atoms with Crippen LogP contribution in [0.4, 0.5) is 0 Å². The zero-order valence-corrected chi connectivity index (χ0v) is 9.71. The second-order valence-corrected chi connectivity index (χ2v) is 4.23. The lowest BCUT2D eigenvalue weighted by Crippen LogP contribution is -2.39. The molecule has 0 spiro atoms. The Morgan fingerprint density at radius 3 is 2.80 bits per heavy atom. The number of allylic oxidation sites excluding steroid dienone is 1. The summed E-state index contributed by atoms with van der Waals surface area (Å²) in [5, 5.41) is 0. The summed E-state index contributed by atoms with van der Waals surface area (Å²) in [6, 6.07) is 0. The Morgan fingerprint density at radius 1 is 1.60 bits per heavy atom. The summed E-state index contributed by atoms with van der Waals surface area (Å²) in [6.07, 6.45) is 6.57. The molecule has 1 aliphatic carbocycles. The molecular formula is C12H21NO2. The highest BCUT2D eigenvalue weighted by molar-refractivity contribution is 5.80. The summed E-state index contributed by atoms with van der Waals surface area (Å²) in [4.78, 5) is 11.9. The Morgan fingerprint density at radius 2 is 2.33 bits per heavy atom. The van der Waals surface area contributed by atoms with E-state index < -0.39 is 5.41 Å². The quantitative estimate of drug-likeness (QED) is 0.571. The lowest BCUT2D eigenvalue weighted by Gasteiger charge is -2.30. The van der Waals surface area contributed by atoms with Crippen molar-refractivity contribution in [3.8, 4) is 0 Å². The van der Waals surface area contributed by atoms with Gasteiger partial charge in [0.15, 0.2) is 0 Å². The van der Waals surface area contributed by atoms with Crippen LogP contribution >= 0.6 is 0 Å². The number of ether oxygens (including phenoxy) is 1. The van der Waals surface area contributed by atoms with E-state index in [9.17, 15) is 4.79 Å². The number of hydrogen-bond donors (Lipinski definition) is 1. The standard InChI is InChI=1S/C12H21NO2/c1-3-15-11(14)12(2,9-13)10-7-5-4-6-8-10/h7H,3-6,8-9,13H2,1-2H3. The van der Waals surface area contributed by atoms with Gasteiger partial charge in [0.25, 0.3) is 0 Å². The maximum atomic E-state index is 11.9. The third-order valence-electron chi connectivity index (χ3n) is 3.13. The molecule has 0 saturated heterocycles. The minimum absolute atomic E-state index is 0.180. The largest absolute Gasteiger partial charge is 0.465 e. The van der Waals surface area contributed by atoms with Crippen molar-refractivity contribution < 1.29 is 9.53 Å². The summed E-state index contributed by atoms with van der Waals surface area (Å²) in [5.41, 5.74) is 6.29. The van der Waals surface area contributed by atoms with Crippen molar-refractivity contribution in [1.82, 2.24) is 0 Å². The molecule has 0 aromatic heterocycles. The van der Waals surface area contributed by atoms with Crippen LogP contribution in [0, 0.1) is 5.41 Å². The Balaban J connectivity index is 2.82. The number of hydrogen-bond acceptors (Lipinski definition) is 3. The van der Waals surface area contributed by atoms with Crippen molar-refractivity contribution in [1.29, 1.82) is 0 Å². The van der Waals surface area contributed by atoms with Crippen molar-refractivity contribution in [2.24, 2.45) is 11.1 Å². The van der Waals surface area contributed by atoms with Crippen LogP contribution in [0.5, 0.6) is 0 Å². The molecule has 0 heterocycles. The normalized spacial score (nSPS) is 20.3. The number of carbonyl (C=O) groups excluding carboxylic acids is 1. The van der Waals surface area contributed by atoms with Gasteiger partial charge >= 0.3 is 5.97 Å². The molecule has 1 unspecified atom stereocenters. The topological polar surface area (TPSA) is 52.3 Å². The number of carbonyl (C=O) groups is 1. The molecule has 1 rings (SSSR count). The smallest absolute Gasteiger partial charge is 0.317 e. The van der Waals surface area contributed by atoms with E-state index >= 15 is 0 Å². The zero-order chi connectivity index (χ0) is 11.3. The molecule has 3 nitrogen and oxygen atoms in total. The van der Waals surface area contributed by atoms with Crippen LogP contribution in [0.1, 0.15) is 39.5 Å². The maximum Gasteiger partial charge on any atom is 0.317 e. The van der Waals surface area contributed by atoms with Gasteiger partial charge in [0.1, 0.15) is 0 Å². The van der Waals surface area contributed by atoms with Crippen LogP contribution in [-0.2, 0) is 9.53 Å². The Kier molecular flexibility index (Phi) is 4.33. The van der Waals surface area contributed by atoms with Gasteiger partial charge in [-0.2, -0.15) is 0 Å². The summed E-state index contributed by atoms with van der Waals surface area (Å²) < 4.78 is 5.09. The monoisotopic (exact) mass is 211 g/mol. The van der Waals surface area contributed by atoms with Crippen LogP contribution in [-0.4, -0.2) is 19.1 Å². The molecule has 0 saturated carbocycles. The van der Waals surface area contributed by atoms with Gasteiger partial charge in [-0.25, -0.2) is 0 Å². The van der Waals surface area contributed by atoms with E-state index in [1.807, 2.05) is 13.8 Å². The molecule has 0 aliphatic heterocycles. The van der Waals surface area contributed by atoms with Crippen LogP contribution in [0.15, 0.2) is 11.6 Å². The van der Waals surface area contributed by atoms with E-state index in [2.05, 4.69) is 6.08 Å². The van der Waals surface area contributed by atoms with Crippen LogP contribution in [0.25, 0.3) is 0 Å². The van der Waals surface area contributed by atoms with Gasteiger partial charge in [-0.15, -0.1) is 0 Å². The molecule has 0 bridgehead atoms. The molecule has 15 heavy (non-hydrogen) atoms. The molecule has 0 radical (unpaired) electrons. The first-order chi connectivity index (χ1) is 7.15. The molecule has 0 aromatic carbocycles. The predicted octanol–water partition coefficient (Wildman–Crippen LogP) is 2.01. The first-order valence-corrected chi connectivity index (χ1v) is 5.72. The first kappa shape index (κ1) is 12.2. The van der Waals surface area contributed by atoms with E-state index in [1.54, 1.807) is 0 Å². The summed E-state index contributed by atoms with van der Waals surface area (Å²) in [7, 11) is 0. The van der Waals surface area contributed by atoms with E-state index in [0.29, 0.717) is 13.2 Å². The molecule has 86 valence electrons. The van der Waals surface area contributed by atoms with Gasteiger partial charge in [-0.3, -0.25) is 4.79 Å². The summed E-state index contributed by atoms with van der Waals surface area (Å²) in [5.74, 6) is -0.180. The van der Waals surface area contributed by atoms with Gasteiger partial charge in [0.2, 0.25) is 0 Å². The number of nitrogens with two attached hydrogens (primary N) is 1. The van der Waals surface area contributed by atoms with E-state index in [1.165, 1.54) is 6.42 Å². The Bertz CT molecular complexity index is 260. The second-order valence-electron chi connectivity index (χ2n) is 4.23. The average molecular weight is 211 g/mol. The molecule has 2 N–H and O–H groups in total. The predicted molar refractivity (Wildman–Crippen MR) is 60.3 cm³/mol. The van der Waals surface area contributed by atoms with Gasteiger partial charge in [-0.05, 0) is 39.5 Å². The van der Waals surface area contributed by atoms with Crippen molar-refractivity contribution >= 4 is 5.97 Å². The summed E-state index contributed by atoms with van der Waals surface area (Å²) >= 11 is 0. The lowest BCUT2D eigenvalue weighted by molar-refractivity contribution is -0.151. The van der Waals surface area contributed by atoms with Crippen molar-refractivity contribution in [2.75, 3.05) is 13.2 Å². The molecule has 0 aromatic rings. The first-order valence-electron chi connectivity index (χ1n) is 5.72. The average Bonchev–Trinajstić information content (AvgIpc) is 2.29. The SMILES string of the molecule is CCOC(=O)C(C)(CN)C1=CCCCC1.